The molecule has 1 aliphatic rings. The maximum Gasteiger partial charge on any atom is 0.243 e. The van der Waals surface area contributed by atoms with Gasteiger partial charge in [-0.1, -0.05) is 23.8 Å². The quantitative estimate of drug-likeness (QED) is 0.695. The number of sulfonamides is 1. The van der Waals surface area contributed by atoms with E-state index in [0.29, 0.717) is 24.5 Å². The Morgan fingerprint density at radius 3 is 2.18 bits per heavy atom. The van der Waals surface area contributed by atoms with Crippen LogP contribution >= 0.6 is 0 Å². The molecule has 1 aromatic carbocycles. The maximum absolute atomic E-state index is 13.1. The zero-order chi connectivity index (χ0) is 20.9. The largest absolute Gasteiger partial charge is 0.353 e. The fraction of sp³-hybridized carbons (Fsp3) is 0.500. The van der Waals surface area contributed by atoms with Gasteiger partial charge in [-0.3, -0.25) is 9.59 Å². The minimum Gasteiger partial charge on any atom is -0.353 e. The molecule has 0 atom stereocenters. The van der Waals surface area contributed by atoms with Crippen molar-refractivity contribution in [2.75, 3.05) is 32.7 Å². The van der Waals surface area contributed by atoms with Gasteiger partial charge >= 0.3 is 0 Å². The molecule has 0 aromatic heterocycles. The molecule has 8 heteroatoms. The van der Waals surface area contributed by atoms with Gasteiger partial charge in [-0.15, -0.1) is 6.58 Å². The van der Waals surface area contributed by atoms with Gasteiger partial charge in [0.2, 0.25) is 21.8 Å². The van der Waals surface area contributed by atoms with Crippen LogP contribution in [0.15, 0.2) is 29.7 Å². The lowest BCUT2D eigenvalue weighted by Gasteiger charge is -2.34. The van der Waals surface area contributed by atoms with Crippen molar-refractivity contribution in [2.45, 2.75) is 38.5 Å². The lowest BCUT2D eigenvalue weighted by molar-refractivity contribution is -0.134. The Bertz CT molecular complexity index is 833. The molecule has 0 bridgehead atoms. The van der Waals surface area contributed by atoms with Gasteiger partial charge < -0.3 is 10.2 Å². The molecule has 0 spiro atoms. The fourth-order valence-electron chi connectivity index (χ4n) is 3.53. The van der Waals surface area contributed by atoms with Crippen molar-refractivity contribution in [3.05, 3.63) is 41.5 Å². The number of aryl methyl sites for hydroxylation is 3. The molecule has 0 unspecified atom stereocenters. The molecule has 0 radical (unpaired) electrons. The molecule has 1 heterocycles. The van der Waals surface area contributed by atoms with E-state index in [2.05, 4.69) is 11.9 Å². The van der Waals surface area contributed by atoms with Gasteiger partial charge in [-0.25, -0.2) is 8.42 Å². The predicted octanol–water partition coefficient (Wildman–Crippen LogP) is 1.53. The van der Waals surface area contributed by atoms with Crippen LogP contribution in [0.2, 0.25) is 0 Å². The van der Waals surface area contributed by atoms with Crippen LogP contribution in [0.25, 0.3) is 0 Å². The Hall–Kier alpha value is -2.19. The second kappa shape index (κ2) is 9.34. The van der Waals surface area contributed by atoms with E-state index in [9.17, 15) is 18.0 Å². The highest BCUT2D eigenvalue weighted by Gasteiger charge is 2.32. The first-order valence-electron chi connectivity index (χ1n) is 9.40. The molecule has 1 aliphatic heterocycles. The van der Waals surface area contributed by atoms with E-state index in [4.69, 9.17) is 0 Å². The zero-order valence-corrected chi connectivity index (χ0v) is 17.6. The molecule has 2 amide bonds. The Balaban J connectivity index is 1.97. The molecule has 1 saturated heterocycles. The minimum absolute atomic E-state index is 0.117. The van der Waals surface area contributed by atoms with Crippen LogP contribution in [0.3, 0.4) is 0 Å². The first-order valence-corrected chi connectivity index (χ1v) is 10.8. The van der Waals surface area contributed by atoms with Crippen LogP contribution in [-0.2, 0) is 19.6 Å². The number of benzene rings is 1. The molecule has 2 rings (SSSR count). The summed E-state index contributed by atoms with van der Waals surface area (Å²) in [7, 11) is -3.60. The molecular weight excluding hydrogens is 378 g/mol. The van der Waals surface area contributed by atoms with Crippen LogP contribution in [-0.4, -0.2) is 62.2 Å². The summed E-state index contributed by atoms with van der Waals surface area (Å²) in [5.74, 6) is -0.326. The minimum atomic E-state index is -3.60. The van der Waals surface area contributed by atoms with Gasteiger partial charge in [0.25, 0.3) is 0 Å². The number of piperazine rings is 1. The van der Waals surface area contributed by atoms with Crippen LogP contribution in [0.5, 0.6) is 0 Å². The first kappa shape index (κ1) is 22.1. The number of hydrogen-bond donors (Lipinski definition) is 1. The number of nitrogens with zero attached hydrogens (tertiary/aromatic N) is 2. The van der Waals surface area contributed by atoms with E-state index in [-0.39, 0.29) is 37.7 Å². The number of rotatable bonds is 7. The summed E-state index contributed by atoms with van der Waals surface area (Å²) in [5, 5.41) is 2.63. The second-order valence-corrected chi connectivity index (χ2v) is 8.98. The molecule has 1 N–H and O–H groups in total. The van der Waals surface area contributed by atoms with Gasteiger partial charge in [0.1, 0.15) is 0 Å². The van der Waals surface area contributed by atoms with Gasteiger partial charge in [0.15, 0.2) is 0 Å². The monoisotopic (exact) mass is 407 g/mol. The standard InChI is InChI=1S/C20H29N3O4S/c1-5-8-21-18(24)6-7-19(25)22-9-11-23(12-10-22)28(26,27)20-16(3)13-15(2)14-17(20)4/h5,13-14H,1,6-12H2,2-4H3,(H,21,24). The van der Waals surface area contributed by atoms with Crippen LogP contribution < -0.4 is 5.32 Å². The maximum atomic E-state index is 13.1. The SMILES string of the molecule is C=CCNC(=O)CCC(=O)N1CCN(S(=O)(=O)c2c(C)cc(C)cc2C)CC1. The van der Waals surface area contributed by atoms with E-state index in [1.165, 1.54) is 4.31 Å². The van der Waals surface area contributed by atoms with Crippen molar-refractivity contribution < 1.29 is 18.0 Å². The third-order valence-corrected chi connectivity index (χ3v) is 7.01. The van der Waals surface area contributed by atoms with Gasteiger partial charge in [0.05, 0.1) is 4.90 Å². The number of hydrogen-bond acceptors (Lipinski definition) is 4. The Labute approximate surface area is 167 Å². The summed E-state index contributed by atoms with van der Waals surface area (Å²) in [6.45, 7) is 10.6. The van der Waals surface area contributed by atoms with Crippen molar-refractivity contribution >= 4 is 21.8 Å². The van der Waals surface area contributed by atoms with Gasteiger partial charge in [-0.2, -0.15) is 4.31 Å². The lowest BCUT2D eigenvalue weighted by Crippen LogP contribution is -2.50. The second-order valence-electron chi connectivity index (χ2n) is 7.11. The van der Waals surface area contributed by atoms with E-state index >= 15 is 0 Å². The van der Waals surface area contributed by atoms with Crippen molar-refractivity contribution in [1.29, 1.82) is 0 Å². The average Bonchev–Trinajstić information content (AvgIpc) is 2.63. The number of carbonyl (C=O) groups excluding carboxylic acids is 2. The summed E-state index contributed by atoms with van der Waals surface area (Å²) >= 11 is 0. The first-order chi connectivity index (χ1) is 13.2. The highest BCUT2D eigenvalue weighted by molar-refractivity contribution is 7.89. The average molecular weight is 408 g/mol. The molecule has 28 heavy (non-hydrogen) atoms. The highest BCUT2D eigenvalue weighted by Crippen LogP contribution is 2.26. The fourth-order valence-corrected chi connectivity index (χ4v) is 5.37. The molecule has 0 saturated carbocycles. The summed E-state index contributed by atoms with van der Waals surface area (Å²) in [6.07, 6.45) is 1.82. The van der Waals surface area contributed by atoms with Gasteiger partial charge in [-0.05, 0) is 31.9 Å². The molecule has 0 aliphatic carbocycles. The van der Waals surface area contributed by atoms with Crippen molar-refractivity contribution in [1.82, 2.24) is 14.5 Å². The Morgan fingerprint density at radius 2 is 1.64 bits per heavy atom. The summed E-state index contributed by atoms with van der Waals surface area (Å²) in [4.78, 5) is 25.9. The van der Waals surface area contributed by atoms with E-state index < -0.39 is 10.0 Å². The molecule has 7 nitrogen and oxygen atoms in total. The number of amides is 2. The normalized spacial score (nSPS) is 15.3. The summed E-state index contributed by atoms with van der Waals surface area (Å²) in [5.41, 5.74) is 2.50. The topological polar surface area (TPSA) is 86.8 Å². The van der Waals surface area contributed by atoms with E-state index in [1.807, 2.05) is 32.9 Å². The van der Waals surface area contributed by atoms with Gasteiger partial charge in [0, 0.05) is 45.6 Å². The zero-order valence-electron chi connectivity index (χ0n) is 16.8. The van der Waals surface area contributed by atoms with E-state index in [0.717, 1.165) is 16.7 Å². The van der Waals surface area contributed by atoms with Crippen molar-refractivity contribution in [3.8, 4) is 0 Å². The number of nitrogens with one attached hydrogen (secondary N) is 1. The molecule has 1 aromatic rings. The van der Waals surface area contributed by atoms with Crippen LogP contribution in [0.4, 0.5) is 0 Å². The Kier molecular flexibility index (Phi) is 7.37. The number of carbonyl (C=O) groups is 2. The van der Waals surface area contributed by atoms with E-state index in [1.54, 1.807) is 11.0 Å². The molecule has 1 fully saturated rings. The summed E-state index contributed by atoms with van der Waals surface area (Å²) in [6, 6.07) is 3.74. The van der Waals surface area contributed by atoms with Crippen molar-refractivity contribution in [3.63, 3.8) is 0 Å². The van der Waals surface area contributed by atoms with Crippen LogP contribution in [0.1, 0.15) is 29.5 Å². The molecule has 154 valence electrons. The molecular formula is C20H29N3O4S. The predicted molar refractivity (Wildman–Crippen MR) is 108 cm³/mol. The third kappa shape index (κ3) is 5.20. The highest BCUT2D eigenvalue weighted by atomic mass is 32.2. The van der Waals surface area contributed by atoms with Crippen molar-refractivity contribution in [2.24, 2.45) is 0 Å². The van der Waals surface area contributed by atoms with Crippen LogP contribution in [0, 0.1) is 20.8 Å². The third-order valence-electron chi connectivity index (χ3n) is 4.80. The lowest BCUT2D eigenvalue weighted by atomic mass is 10.1. The smallest absolute Gasteiger partial charge is 0.243 e. The Morgan fingerprint density at radius 1 is 1.07 bits per heavy atom. The summed E-state index contributed by atoms with van der Waals surface area (Å²) < 4.78 is 27.6.